The summed E-state index contributed by atoms with van der Waals surface area (Å²) in [6, 6.07) is 54.7. The fourth-order valence-electron chi connectivity index (χ4n) is 5.93. The van der Waals surface area contributed by atoms with E-state index in [2.05, 4.69) is 150 Å². The molecule has 0 fully saturated rings. The van der Waals surface area contributed by atoms with Crippen molar-refractivity contribution in [2.75, 3.05) is 4.90 Å². The second-order valence-corrected chi connectivity index (χ2v) is 10.6. The van der Waals surface area contributed by atoms with Crippen molar-refractivity contribution in [2.45, 2.75) is 0 Å². The molecule has 4 nitrogen and oxygen atoms in total. The minimum absolute atomic E-state index is 0.612. The van der Waals surface area contributed by atoms with Crippen LogP contribution in [0.2, 0.25) is 0 Å². The topological polar surface area (TPSA) is 41.9 Å². The van der Waals surface area contributed by atoms with Crippen molar-refractivity contribution in [3.05, 3.63) is 158 Å². The van der Waals surface area contributed by atoms with Crippen LogP contribution in [0.15, 0.2) is 158 Å². The van der Waals surface area contributed by atoms with Gasteiger partial charge in [-0.15, -0.1) is 10.2 Å². The van der Waals surface area contributed by atoms with Gasteiger partial charge in [0.05, 0.1) is 0 Å². The van der Waals surface area contributed by atoms with Crippen LogP contribution in [-0.4, -0.2) is 15.2 Å². The number of benzene rings is 7. The molecule has 202 valence electrons. The van der Waals surface area contributed by atoms with Gasteiger partial charge in [0.15, 0.2) is 5.82 Å². The average molecular weight is 551 g/mol. The Morgan fingerprint density at radius 2 is 0.837 bits per heavy atom. The van der Waals surface area contributed by atoms with Gasteiger partial charge in [-0.2, -0.15) is 0 Å². The van der Waals surface area contributed by atoms with Crippen molar-refractivity contribution in [3.63, 3.8) is 0 Å². The Bertz CT molecular complexity index is 2170. The van der Waals surface area contributed by atoms with Crippen molar-refractivity contribution in [2.24, 2.45) is 0 Å². The predicted octanol–water partition coefficient (Wildman–Crippen LogP) is 10.1. The minimum atomic E-state index is 0.612. The van der Waals surface area contributed by atoms with Crippen LogP contribution >= 0.6 is 0 Å². The number of hydrogen-bond donors (Lipinski definition) is 0. The predicted molar refractivity (Wildman–Crippen MR) is 178 cm³/mol. The molecule has 0 bridgehead atoms. The molecule has 0 unspecified atom stereocenters. The second kappa shape index (κ2) is 10.5. The van der Waals surface area contributed by atoms with Crippen molar-refractivity contribution in [1.29, 1.82) is 0 Å². The van der Waals surface area contributed by atoms with Gasteiger partial charge in [0.2, 0.25) is 0 Å². The van der Waals surface area contributed by atoms with Crippen LogP contribution < -0.4 is 4.90 Å². The van der Waals surface area contributed by atoms with Gasteiger partial charge in [-0.25, -0.2) is 4.98 Å². The SMILES string of the molecule is c1ccc(N(c2ccccc2)c2cccc(-c3cccc(-c4nnc5c6ccccc6c6ccccc6c5n4)c3)c2)cc1. The maximum Gasteiger partial charge on any atom is 0.182 e. The van der Waals surface area contributed by atoms with Crippen molar-refractivity contribution in [3.8, 4) is 22.5 Å². The van der Waals surface area contributed by atoms with Crippen molar-refractivity contribution in [1.82, 2.24) is 15.2 Å². The summed E-state index contributed by atoms with van der Waals surface area (Å²) in [6.45, 7) is 0. The lowest BCUT2D eigenvalue weighted by molar-refractivity contribution is 1.04. The molecule has 4 heteroatoms. The first-order valence-corrected chi connectivity index (χ1v) is 14.4. The number of rotatable bonds is 5. The van der Waals surface area contributed by atoms with E-state index in [1.54, 1.807) is 0 Å². The summed E-state index contributed by atoms with van der Waals surface area (Å²) in [5.41, 5.74) is 8.12. The fourth-order valence-corrected chi connectivity index (χ4v) is 5.93. The zero-order chi connectivity index (χ0) is 28.6. The van der Waals surface area contributed by atoms with E-state index in [1.165, 1.54) is 5.39 Å². The lowest BCUT2D eigenvalue weighted by Crippen LogP contribution is -2.09. The Kier molecular flexibility index (Phi) is 6.08. The number of fused-ring (bicyclic) bond motifs is 6. The highest BCUT2D eigenvalue weighted by Crippen LogP contribution is 2.37. The molecule has 0 aliphatic heterocycles. The number of aromatic nitrogens is 3. The number of para-hydroxylation sites is 2. The van der Waals surface area contributed by atoms with Gasteiger partial charge in [-0.05, 0) is 64.4 Å². The number of anilines is 3. The first kappa shape index (κ1) is 24.9. The molecular weight excluding hydrogens is 524 g/mol. The Hall–Kier alpha value is -5.87. The first-order chi connectivity index (χ1) is 21.3. The van der Waals surface area contributed by atoms with E-state index in [1.807, 2.05) is 18.2 Å². The molecule has 1 aromatic heterocycles. The van der Waals surface area contributed by atoms with Crippen LogP contribution in [0, 0.1) is 0 Å². The smallest absolute Gasteiger partial charge is 0.182 e. The Morgan fingerprint density at radius 1 is 0.349 bits per heavy atom. The average Bonchev–Trinajstić information content (AvgIpc) is 3.09. The van der Waals surface area contributed by atoms with Crippen LogP contribution in [0.4, 0.5) is 17.1 Å². The highest BCUT2D eigenvalue weighted by Gasteiger charge is 2.15. The van der Waals surface area contributed by atoms with Gasteiger partial charge < -0.3 is 4.90 Å². The van der Waals surface area contributed by atoms with Gasteiger partial charge in [0.1, 0.15) is 11.0 Å². The molecule has 7 aromatic carbocycles. The standard InChI is InChI=1S/C39H26N4/c1-3-16-30(17-4-1)43(31-18-5-2-6-19-31)32-20-12-14-28(26-32)27-13-11-15-29(25-27)39-40-37-35-23-9-7-21-33(35)34-22-8-10-24-36(34)38(37)41-42-39/h1-26H. The van der Waals surface area contributed by atoms with Crippen molar-refractivity contribution < 1.29 is 0 Å². The summed E-state index contributed by atoms with van der Waals surface area (Å²) in [7, 11) is 0. The molecular formula is C39H26N4. The molecule has 0 radical (unpaired) electrons. The van der Waals surface area contributed by atoms with Gasteiger partial charge in [0, 0.05) is 33.4 Å². The van der Waals surface area contributed by atoms with Gasteiger partial charge in [0.25, 0.3) is 0 Å². The zero-order valence-corrected chi connectivity index (χ0v) is 23.3. The fraction of sp³-hybridized carbons (Fsp3) is 0. The highest BCUT2D eigenvalue weighted by atomic mass is 15.2. The molecule has 0 aliphatic rings. The molecule has 1 heterocycles. The molecule has 43 heavy (non-hydrogen) atoms. The van der Waals surface area contributed by atoms with Crippen LogP contribution in [0.5, 0.6) is 0 Å². The molecule has 8 rings (SSSR count). The van der Waals surface area contributed by atoms with E-state index in [0.717, 1.165) is 60.9 Å². The Labute approximate surface area is 249 Å². The third-order valence-electron chi connectivity index (χ3n) is 7.93. The lowest BCUT2D eigenvalue weighted by atomic mass is 9.99. The zero-order valence-electron chi connectivity index (χ0n) is 23.3. The van der Waals surface area contributed by atoms with E-state index >= 15 is 0 Å². The third kappa shape index (κ3) is 4.46. The molecule has 8 aromatic rings. The molecule has 0 spiro atoms. The molecule has 0 atom stereocenters. The molecule has 0 aliphatic carbocycles. The normalized spacial score (nSPS) is 11.3. The van der Waals surface area contributed by atoms with Crippen LogP contribution in [-0.2, 0) is 0 Å². The summed E-state index contributed by atoms with van der Waals surface area (Å²) in [6.07, 6.45) is 0. The highest BCUT2D eigenvalue weighted by molar-refractivity contribution is 6.23. The monoisotopic (exact) mass is 550 g/mol. The van der Waals surface area contributed by atoms with E-state index in [0.29, 0.717) is 5.82 Å². The quantitative estimate of drug-likeness (QED) is 0.200. The summed E-state index contributed by atoms with van der Waals surface area (Å²) in [5.74, 6) is 0.612. The van der Waals surface area contributed by atoms with Crippen LogP contribution in [0.3, 0.4) is 0 Å². The first-order valence-electron chi connectivity index (χ1n) is 14.4. The second-order valence-electron chi connectivity index (χ2n) is 10.6. The number of nitrogens with zero attached hydrogens (tertiary/aromatic N) is 4. The maximum atomic E-state index is 5.10. The number of hydrogen-bond acceptors (Lipinski definition) is 4. The summed E-state index contributed by atoms with van der Waals surface area (Å²) in [5, 5.41) is 13.8. The summed E-state index contributed by atoms with van der Waals surface area (Å²) >= 11 is 0. The van der Waals surface area contributed by atoms with Crippen LogP contribution in [0.25, 0.3) is 55.1 Å². The van der Waals surface area contributed by atoms with Crippen LogP contribution in [0.1, 0.15) is 0 Å². The maximum absolute atomic E-state index is 5.10. The molecule has 0 saturated carbocycles. The molecule has 0 saturated heterocycles. The van der Waals surface area contributed by atoms with E-state index in [4.69, 9.17) is 10.1 Å². The largest absolute Gasteiger partial charge is 0.310 e. The van der Waals surface area contributed by atoms with E-state index in [-0.39, 0.29) is 0 Å². The molecule has 0 N–H and O–H groups in total. The summed E-state index contributed by atoms with van der Waals surface area (Å²) < 4.78 is 0. The Morgan fingerprint density at radius 3 is 1.49 bits per heavy atom. The minimum Gasteiger partial charge on any atom is -0.310 e. The van der Waals surface area contributed by atoms with Gasteiger partial charge in [-0.3, -0.25) is 0 Å². The van der Waals surface area contributed by atoms with Crippen molar-refractivity contribution >= 4 is 49.6 Å². The van der Waals surface area contributed by atoms with E-state index < -0.39 is 0 Å². The third-order valence-corrected chi connectivity index (χ3v) is 7.93. The Balaban J connectivity index is 1.23. The van der Waals surface area contributed by atoms with E-state index in [9.17, 15) is 0 Å². The van der Waals surface area contributed by atoms with Gasteiger partial charge >= 0.3 is 0 Å². The molecule has 0 amide bonds. The lowest BCUT2D eigenvalue weighted by Gasteiger charge is -2.26. The summed E-state index contributed by atoms with van der Waals surface area (Å²) in [4.78, 5) is 7.38. The van der Waals surface area contributed by atoms with Gasteiger partial charge in [-0.1, -0.05) is 115 Å².